The molecule has 1 aliphatic heterocycles. The van der Waals surface area contributed by atoms with Crippen LogP contribution in [0.5, 0.6) is 0 Å². The first-order valence-corrected chi connectivity index (χ1v) is 4.54. The van der Waals surface area contributed by atoms with Gasteiger partial charge in [-0.2, -0.15) is 0 Å². The van der Waals surface area contributed by atoms with E-state index in [4.69, 9.17) is 5.11 Å². The number of piperidine rings is 1. The fourth-order valence-electron chi connectivity index (χ4n) is 1.66. The zero-order valence-corrected chi connectivity index (χ0v) is 7.63. The number of carboxylic acids is 1. The molecule has 0 amide bonds. The lowest BCUT2D eigenvalue weighted by molar-refractivity contribution is -0.143. The molecule has 1 aliphatic rings. The van der Waals surface area contributed by atoms with E-state index in [1.54, 1.807) is 0 Å². The van der Waals surface area contributed by atoms with Crippen molar-refractivity contribution in [3.05, 3.63) is 0 Å². The van der Waals surface area contributed by atoms with E-state index in [9.17, 15) is 17.7 Å². The van der Waals surface area contributed by atoms with Crippen molar-refractivity contribution < 1.29 is 22.8 Å². The average Bonchev–Trinajstić information content (AvgIpc) is 2.02. The Labute approximate surface area is 79.9 Å². The zero-order chi connectivity index (χ0) is 10.8. The SMILES string of the molecule is O=C(O)C1CCN(C[B-](F)(F)F)CC1. The quantitative estimate of drug-likeness (QED) is 0.710. The molecule has 0 aliphatic carbocycles. The molecule has 0 saturated carbocycles. The summed E-state index contributed by atoms with van der Waals surface area (Å²) in [6.45, 7) is -4.31. The molecule has 0 radical (unpaired) electrons. The highest BCUT2D eigenvalue weighted by Gasteiger charge is 2.30. The number of nitrogens with zero attached hydrogens (tertiary/aromatic N) is 1. The van der Waals surface area contributed by atoms with Crippen LogP contribution in [-0.2, 0) is 4.79 Å². The third kappa shape index (κ3) is 3.57. The Morgan fingerprint density at radius 2 is 1.86 bits per heavy atom. The zero-order valence-electron chi connectivity index (χ0n) is 7.63. The van der Waals surface area contributed by atoms with E-state index in [0.29, 0.717) is 12.8 Å². The van der Waals surface area contributed by atoms with Crippen LogP contribution in [0, 0.1) is 5.92 Å². The Balaban J connectivity index is 2.33. The second-order valence-electron chi connectivity index (χ2n) is 3.62. The van der Waals surface area contributed by atoms with Crippen molar-refractivity contribution in [3.63, 3.8) is 0 Å². The van der Waals surface area contributed by atoms with Crippen molar-refractivity contribution in [3.8, 4) is 0 Å². The van der Waals surface area contributed by atoms with Crippen molar-refractivity contribution in [1.82, 2.24) is 4.90 Å². The Bertz CT molecular complexity index is 213. The largest absolute Gasteiger partial charge is 0.492 e. The van der Waals surface area contributed by atoms with Gasteiger partial charge in [0.1, 0.15) is 0 Å². The van der Waals surface area contributed by atoms with E-state index in [1.807, 2.05) is 0 Å². The molecule has 82 valence electrons. The predicted octanol–water partition coefficient (Wildman–Crippen LogP) is 1.17. The number of rotatable bonds is 3. The highest BCUT2D eigenvalue weighted by atomic mass is 19.4. The maximum Gasteiger partial charge on any atom is 0.492 e. The maximum atomic E-state index is 12.0. The fourth-order valence-corrected chi connectivity index (χ4v) is 1.66. The summed E-state index contributed by atoms with van der Waals surface area (Å²) in [6, 6.07) is 0. The summed E-state index contributed by atoms with van der Waals surface area (Å²) >= 11 is 0. The lowest BCUT2D eigenvalue weighted by Gasteiger charge is -2.33. The lowest BCUT2D eigenvalue weighted by Crippen LogP contribution is -2.43. The van der Waals surface area contributed by atoms with Gasteiger partial charge >= 0.3 is 12.9 Å². The summed E-state index contributed by atoms with van der Waals surface area (Å²) in [4.78, 5) is 11.8. The van der Waals surface area contributed by atoms with E-state index >= 15 is 0 Å². The molecule has 0 aromatic heterocycles. The fraction of sp³-hybridized carbons (Fsp3) is 0.857. The molecule has 1 N–H and O–H groups in total. The summed E-state index contributed by atoms with van der Waals surface area (Å²) < 4.78 is 36.0. The van der Waals surface area contributed by atoms with Crippen LogP contribution in [0.25, 0.3) is 0 Å². The van der Waals surface area contributed by atoms with E-state index in [1.165, 1.54) is 4.90 Å². The normalized spacial score (nSPS) is 21.1. The van der Waals surface area contributed by atoms with Crippen LogP contribution in [0.4, 0.5) is 12.9 Å². The predicted molar refractivity (Wildman–Crippen MR) is 45.9 cm³/mol. The Kier molecular flexibility index (Phi) is 3.41. The van der Waals surface area contributed by atoms with Gasteiger partial charge in [0.05, 0.1) is 5.92 Å². The van der Waals surface area contributed by atoms with Gasteiger partial charge in [-0.15, -0.1) is 0 Å². The Hall–Kier alpha value is -0.715. The van der Waals surface area contributed by atoms with E-state index in [0.717, 1.165) is 0 Å². The summed E-state index contributed by atoms with van der Waals surface area (Å²) in [5, 5.41) is 8.62. The van der Waals surface area contributed by atoms with Gasteiger partial charge in [0, 0.05) is 0 Å². The smallest absolute Gasteiger partial charge is 0.481 e. The topological polar surface area (TPSA) is 40.5 Å². The second-order valence-corrected chi connectivity index (χ2v) is 3.62. The molecule has 0 unspecified atom stereocenters. The average molecular weight is 210 g/mol. The Morgan fingerprint density at radius 1 is 1.36 bits per heavy atom. The monoisotopic (exact) mass is 210 g/mol. The number of likely N-dealkylation sites (tertiary alicyclic amines) is 1. The van der Waals surface area contributed by atoms with Gasteiger partial charge in [0.25, 0.3) is 0 Å². The molecule has 1 heterocycles. The second kappa shape index (κ2) is 4.21. The number of carboxylic acid groups (broad SMARTS) is 1. The number of aliphatic carboxylic acids is 1. The van der Waals surface area contributed by atoms with Crippen LogP contribution in [0.2, 0.25) is 0 Å². The van der Waals surface area contributed by atoms with Crippen molar-refractivity contribution in [2.45, 2.75) is 12.8 Å². The number of hydrogen-bond donors (Lipinski definition) is 1. The standard InChI is InChI=1S/C7H12BF3NO2/c9-8(10,11)5-12-3-1-6(2-4-12)7(13)14/h6H,1-5H2,(H,13,14)/q-1. The van der Waals surface area contributed by atoms with Crippen LogP contribution in [0.15, 0.2) is 0 Å². The molecule has 0 spiro atoms. The van der Waals surface area contributed by atoms with Gasteiger partial charge < -0.3 is 23.0 Å². The molecule has 1 saturated heterocycles. The van der Waals surface area contributed by atoms with Gasteiger partial charge in [-0.3, -0.25) is 4.79 Å². The number of hydrogen-bond acceptors (Lipinski definition) is 2. The molecule has 0 bridgehead atoms. The van der Waals surface area contributed by atoms with Crippen LogP contribution in [-0.4, -0.2) is 42.5 Å². The first kappa shape index (κ1) is 11.4. The van der Waals surface area contributed by atoms with Crippen LogP contribution >= 0.6 is 0 Å². The van der Waals surface area contributed by atoms with Gasteiger partial charge in [0.2, 0.25) is 0 Å². The maximum absolute atomic E-state index is 12.0. The van der Waals surface area contributed by atoms with Gasteiger partial charge in [-0.05, 0) is 32.4 Å². The van der Waals surface area contributed by atoms with Crippen LogP contribution < -0.4 is 0 Å². The minimum absolute atomic E-state index is 0.234. The minimum atomic E-state index is -4.78. The molecule has 3 nitrogen and oxygen atoms in total. The Morgan fingerprint density at radius 3 is 2.21 bits per heavy atom. The third-order valence-corrected chi connectivity index (χ3v) is 2.40. The summed E-state index contributed by atoms with van der Waals surface area (Å²) in [5.41, 5.74) is 0. The van der Waals surface area contributed by atoms with Crippen molar-refractivity contribution >= 4 is 12.9 Å². The number of halogens is 3. The third-order valence-electron chi connectivity index (χ3n) is 2.40. The number of carbonyl (C=O) groups is 1. The molecule has 0 aromatic carbocycles. The molecule has 1 fully saturated rings. The first-order valence-electron chi connectivity index (χ1n) is 4.54. The van der Waals surface area contributed by atoms with Gasteiger partial charge in [-0.25, -0.2) is 0 Å². The van der Waals surface area contributed by atoms with E-state index in [-0.39, 0.29) is 13.1 Å². The van der Waals surface area contributed by atoms with E-state index in [2.05, 4.69) is 0 Å². The minimum Gasteiger partial charge on any atom is -0.481 e. The van der Waals surface area contributed by atoms with Gasteiger partial charge in [0.15, 0.2) is 0 Å². The molecule has 0 aromatic rings. The molecule has 1 rings (SSSR count). The van der Waals surface area contributed by atoms with E-state index < -0.39 is 25.3 Å². The first-order chi connectivity index (χ1) is 6.38. The van der Waals surface area contributed by atoms with Crippen molar-refractivity contribution in [2.75, 3.05) is 19.5 Å². The highest BCUT2D eigenvalue weighted by molar-refractivity contribution is 6.58. The summed E-state index contributed by atoms with van der Waals surface area (Å²) in [5.74, 6) is -1.37. The van der Waals surface area contributed by atoms with Crippen LogP contribution in [0.3, 0.4) is 0 Å². The van der Waals surface area contributed by atoms with Crippen molar-refractivity contribution in [2.24, 2.45) is 5.92 Å². The molecule has 14 heavy (non-hydrogen) atoms. The van der Waals surface area contributed by atoms with Gasteiger partial charge in [-0.1, -0.05) is 0 Å². The summed E-state index contributed by atoms with van der Waals surface area (Å²) in [6.07, 6.45) is -0.227. The highest BCUT2D eigenvalue weighted by Crippen LogP contribution is 2.19. The van der Waals surface area contributed by atoms with Crippen LogP contribution in [0.1, 0.15) is 12.8 Å². The molecular weight excluding hydrogens is 198 g/mol. The molecule has 7 heteroatoms. The molecule has 0 atom stereocenters. The van der Waals surface area contributed by atoms with Crippen molar-refractivity contribution in [1.29, 1.82) is 0 Å². The lowest BCUT2D eigenvalue weighted by atomic mass is 9.88. The summed E-state index contributed by atoms with van der Waals surface area (Å²) in [7, 11) is 0. The molecular formula is C7H12BF3NO2-.